The van der Waals surface area contributed by atoms with Gasteiger partial charge in [-0.25, -0.2) is 0 Å². The summed E-state index contributed by atoms with van der Waals surface area (Å²) >= 11 is 0. The summed E-state index contributed by atoms with van der Waals surface area (Å²) in [5.74, 6) is 0. The van der Waals surface area contributed by atoms with Crippen LogP contribution in [0.2, 0.25) is 0 Å². The van der Waals surface area contributed by atoms with Gasteiger partial charge in [0.15, 0.2) is 5.69 Å². The van der Waals surface area contributed by atoms with Crippen LogP contribution in [0.3, 0.4) is 0 Å². The van der Waals surface area contributed by atoms with E-state index in [0.717, 1.165) is 12.1 Å². The number of rotatable bonds is 2. The van der Waals surface area contributed by atoms with Crippen LogP contribution in [0.4, 0.5) is 18.9 Å². The van der Waals surface area contributed by atoms with Crippen molar-refractivity contribution in [1.82, 2.24) is 5.16 Å². The summed E-state index contributed by atoms with van der Waals surface area (Å²) in [4.78, 5) is 9.79. The van der Waals surface area contributed by atoms with Crippen molar-refractivity contribution in [2.75, 3.05) is 0 Å². The number of hydrogen-bond donors (Lipinski definition) is 0. The highest BCUT2D eigenvalue weighted by atomic mass is 19.4. The summed E-state index contributed by atoms with van der Waals surface area (Å²) in [6.07, 6.45) is -3.92. The summed E-state index contributed by atoms with van der Waals surface area (Å²) < 4.78 is 42.6. The molecule has 0 saturated carbocycles. The Morgan fingerprint density at radius 3 is 2.56 bits per heavy atom. The number of aromatic nitrogens is 1. The van der Waals surface area contributed by atoms with Crippen molar-refractivity contribution in [3.8, 4) is 11.3 Å². The zero-order valence-corrected chi connectivity index (χ0v) is 8.64. The maximum Gasteiger partial charge on any atom is 0.417 e. The molecule has 0 fully saturated rings. The average Bonchev–Trinajstić information content (AvgIpc) is 2.76. The lowest BCUT2D eigenvalue weighted by Crippen LogP contribution is -2.07. The standard InChI is InChI=1S/C10H5F3N2O3/c11-10(12,13)7-4-2-1-3-6(7)9-8(15(16)17)5-18-14-9/h1-5H. The first kappa shape index (κ1) is 12.1. The van der Waals surface area contributed by atoms with Gasteiger partial charge in [0, 0.05) is 5.56 Å². The molecule has 2 rings (SSSR count). The molecule has 1 heterocycles. The van der Waals surface area contributed by atoms with Gasteiger partial charge in [0.05, 0.1) is 10.5 Å². The SMILES string of the molecule is O=[N+]([O-])c1conc1-c1ccccc1C(F)(F)F. The van der Waals surface area contributed by atoms with Crippen molar-refractivity contribution >= 4 is 5.69 Å². The van der Waals surface area contributed by atoms with Crippen LogP contribution in [0.15, 0.2) is 35.1 Å². The predicted molar refractivity (Wildman–Crippen MR) is 53.6 cm³/mol. The third-order valence-electron chi connectivity index (χ3n) is 2.24. The van der Waals surface area contributed by atoms with E-state index < -0.39 is 28.0 Å². The van der Waals surface area contributed by atoms with Crippen LogP contribution in [0.25, 0.3) is 11.3 Å². The van der Waals surface area contributed by atoms with Gasteiger partial charge in [-0.2, -0.15) is 13.2 Å². The first-order valence-electron chi connectivity index (χ1n) is 4.66. The summed E-state index contributed by atoms with van der Waals surface area (Å²) in [6, 6.07) is 4.46. The van der Waals surface area contributed by atoms with Crippen LogP contribution in [-0.2, 0) is 6.18 Å². The molecule has 94 valence electrons. The van der Waals surface area contributed by atoms with Gasteiger partial charge in [-0.05, 0) is 6.07 Å². The number of nitrogens with zero attached hydrogens (tertiary/aromatic N) is 2. The Hall–Kier alpha value is -2.38. The van der Waals surface area contributed by atoms with E-state index in [0.29, 0.717) is 6.26 Å². The van der Waals surface area contributed by atoms with Gasteiger partial charge in [0.25, 0.3) is 0 Å². The molecule has 0 aliphatic rings. The van der Waals surface area contributed by atoms with Crippen LogP contribution >= 0.6 is 0 Å². The van der Waals surface area contributed by atoms with E-state index in [1.807, 2.05) is 0 Å². The second-order valence-corrected chi connectivity index (χ2v) is 3.35. The van der Waals surface area contributed by atoms with Crippen molar-refractivity contribution in [2.24, 2.45) is 0 Å². The normalized spacial score (nSPS) is 11.5. The fourth-order valence-electron chi connectivity index (χ4n) is 1.49. The van der Waals surface area contributed by atoms with Gasteiger partial charge in [0.1, 0.15) is 0 Å². The zero-order valence-electron chi connectivity index (χ0n) is 8.64. The van der Waals surface area contributed by atoms with Crippen molar-refractivity contribution in [3.05, 3.63) is 46.2 Å². The molecule has 18 heavy (non-hydrogen) atoms. The monoisotopic (exact) mass is 258 g/mol. The molecule has 0 bridgehead atoms. The number of alkyl halides is 3. The van der Waals surface area contributed by atoms with Gasteiger partial charge in [-0.1, -0.05) is 23.4 Å². The van der Waals surface area contributed by atoms with Gasteiger partial charge in [-0.15, -0.1) is 0 Å². The molecule has 0 spiro atoms. The molecule has 0 atom stereocenters. The van der Waals surface area contributed by atoms with E-state index in [1.54, 1.807) is 0 Å². The van der Waals surface area contributed by atoms with Gasteiger partial charge < -0.3 is 4.52 Å². The first-order valence-corrected chi connectivity index (χ1v) is 4.66. The minimum atomic E-state index is -4.62. The van der Waals surface area contributed by atoms with Gasteiger partial charge >= 0.3 is 11.9 Å². The van der Waals surface area contributed by atoms with E-state index in [1.165, 1.54) is 12.1 Å². The van der Waals surface area contributed by atoms with Crippen molar-refractivity contribution in [2.45, 2.75) is 6.18 Å². The molecule has 2 aromatic rings. The quantitative estimate of drug-likeness (QED) is 0.612. The van der Waals surface area contributed by atoms with Crippen molar-refractivity contribution in [1.29, 1.82) is 0 Å². The largest absolute Gasteiger partial charge is 0.417 e. The Balaban J connectivity index is 2.65. The van der Waals surface area contributed by atoms with Crippen LogP contribution in [0.1, 0.15) is 5.56 Å². The number of halogens is 3. The molecule has 8 heteroatoms. The first-order chi connectivity index (χ1) is 8.41. The minimum Gasteiger partial charge on any atom is -0.357 e. The number of hydrogen-bond acceptors (Lipinski definition) is 4. The highest BCUT2D eigenvalue weighted by Crippen LogP contribution is 2.39. The molecule has 0 unspecified atom stereocenters. The van der Waals surface area contributed by atoms with Gasteiger partial charge in [0.2, 0.25) is 6.26 Å². The molecular formula is C10H5F3N2O3. The third-order valence-corrected chi connectivity index (χ3v) is 2.24. The summed E-state index contributed by atoms with van der Waals surface area (Å²) in [6.45, 7) is 0. The zero-order chi connectivity index (χ0) is 13.3. The fourth-order valence-corrected chi connectivity index (χ4v) is 1.49. The second kappa shape index (κ2) is 4.13. The van der Waals surface area contributed by atoms with Crippen LogP contribution in [0.5, 0.6) is 0 Å². The molecule has 1 aromatic heterocycles. The highest BCUT2D eigenvalue weighted by Gasteiger charge is 2.36. The lowest BCUT2D eigenvalue weighted by Gasteiger charge is -2.09. The Morgan fingerprint density at radius 1 is 1.28 bits per heavy atom. The van der Waals surface area contributed by atoms with E-state index >= 15 is 0 Å². The van der Waals surface area contributed by atoms with E-state index in [-0.39, 0.29) is 5.56 Å². The smallest absolute Gasteiger partial charge is 0.357 e. The topological polar surface area (TPSA) is 69.2 Å². The lowest BCUT2D eigenvalue weighted by molar-refractivity contribution is -0.384. The summed E-state index contributed by atoms with van der Waals surface area (Å²) in [5, 5.41) is 13.9. The number of benzene rings is 1. The molecule has 0 aliphatic carbocycles. The maximum atomic E-state index is 12.7. The van der Waals surface area contributed by atoms with Crippen molar-refractivity contribution in [3.63, 3.8) is 0 Å². The Bertz CT molecular complexity index is 592. The molecule has 0 saturated heterocycles. The van der Waals surface area contributed by atoms with E-state index in [2.05, 4.69) is 9.68 Å². The average molecular weight is 258 g/mol. The molecular weight excluding hydrogens is 253 g/mol. The van der Waals surface area contributed by atoms with Gasteiger partial charge in [-0.3, -0.25) is 10.1 Å². The molecule has 5 nitrogen and oxygen atoms in total. The third kappa shape index (κ3) is 2.04. The van der Waals surface area contributed by atoms with Crippen LogP contribution in [-0.4, -0.2) is 10.1 Å². The van der Waals surface area contributed by atoms with E-state index in [9.17, 15) is 23.3 Å². The molecule has 1 aromatic carbocycles. The predicted octanol–water partition coefficient (Wildman–Crippen LogP) is 3.27. The van der Waals surface area contributed by atoms with Crippen LogP contribution in [0, 0.1) is 10.1 Å². The fraction of sp³-hybridized carbons (Fsp3) is 0.100. The molecule has 0 amide bonds. The Morgan fingerprint density at radius 2 is 1.94 bits per heavy atom. The van der Waals surface area contributed by atoms with Crippen molar-refractivity contribution < 1.29 is 22.6 Å². The minimum absolute atomic E-state index is 0.384. The van der Waals surface area contributed by atoms with Crippen LogP contribution < -0.4 is 0 Å². The molecule has 0 radical (unpaired) electrons. The Kier molecular flexibility index (Phi) is 2.77. The van der Waals surface area contributed by atoms with E-state index in [4.69, 9.17) is 0 Å². The molecule has 0 aliphatic heterocycles. The lowest BCUT2D eigenvalue weighted by atomic mass is 10.0. The Labute approximate surface area is 98.0 Å². The number of nitro groups is 1. The highest BCUT2D eigenvalue weighted by molar-refractivity contribution is 5.71. The summed E-state index contributed by atoms with van der Waals surface area (Å²) in [5.41, 5.74) is -2.42. The summed E-state index contributed by atoms with van der Waals surface area (Å²) in [7, 11) is 0. The second-order valence-electron chi connectivity index (χ2n) is 3.35. The maximum absolute atomic E-state index is 12.7. The molecule has 0 N–H and O–H groups in total.